The van der Waals surface area contributed by atoms with Crippen LogP contribution in [0.2, 0.25) is 0 Å². The number of nitrogens with two attached hydrogens (primary N) is 1. The molecule has 0 saturated heterocycles. The van der Waals surface area contributed by atoms with Gasteiger partial charge in [0, 0.05) is 6.04 Å². The van der Waals surface area contributed by atoms with Crippen molar-refractivity contribution in [1.82, 2.24) is 0 Å². The van der Waals surface area contributed by atoms with Gasteiger partial charge in [0.15, 0.2) is 11.5 Å². The summed E-state index contributed by atoms with van der Waals surface area (Å²) >= 11 is 0. The lowest BCUT2D eigenvalue weighted by molar-refractivity contribution is 0.0676. The number of ether oxygens (including phenoxy) is 2. The van der Waals surface area contributed by atoms with Crippen molar-refractivity contribution in [3.05, 3.63) is 59.7 Å². The van der Waals surface area contributed by atoms with Gasteiger partial charge in [-0.25, -0.2) is 0 Å². The van der Waals surface area contributed by atoms with Gasteiger partial charge in [-0.15, -0.1) is 0 Å². The first-order valence-electron chi connectivity index (χ1n) is 7.53. The van der Waals surface area contributed by atoms with E-state index in [1.807, 2.05) is 24.3 Å². The lowest BCUT2D eigenvalue weighted by Gasteiger charge is -2.36. The van der Waals surface area contributed by atoms with E-state index in [1.165, 1.54) is 11.1 Å². The van der Waals surface area contributed by atoms with Crippen molar-refractivity contribution in [1.29, 1.82) is 0 Å². The summed E-state index contributed by atoms with van der Waals surface area (Å²) in [6.07, 6.45) is 2.02. The van der Waals surface area contributed by atoms with Crippen LogP contribution in [-0.2, 0) is 6.42 Å². The molecular formula is C18H19NO2. The number of hydrogen-bond acceptors (Lipinski definition) is 3. The van der Waals surface area contributed by atoms with Crippen LogP contribution in [0.1, 0.15) is 23.5 Å². The second-order valence-corrected chi connectivity index (χ2v) is 5.91. The minimum absolute atomic E-state index is 0.00304. The number of rotatable bonds is 3. The maximum atomic E-state index is 6.37. The zero-order valence-corrected chi connectivity index (χ0v) is 11.9. The van der Waals surface area contributed by atoms with Gasteiger partial charge in [-0.3, -0.25) is 0 Å². The van der Waals surface area contributed by atoms with Crippen molar-refractivity contribution >= 4 is 0 Å². The monoisotopic (exact) mass is 281 g/mol. The van der Waals surface area contributed by atoms with E-state index in [9.17, 15) is 0 Å². The summed E-state index contributed by atoms with van der Waals surface area (Å²) in [5.41, 5.74) is 9.28. The van der Waals surface area contributed by atoms with Gasteiger partial charge in [0.1, 0.15) is 12.7 Å². The van der Waals surface area contributed by atoms with Crippen LogP contribution in [0.25, 0.3) is 0 Å². The summed E-state index contributed by atoms with van der Waals surface area (Å²) in [6, 6.07) is 16.4. The highest BCUT2D eigenvalue weighted by atomic mass is 16.6. The summed E-state index contributed by atoms with van der Waals surface area (Å²) < 4.78 is 11.8. The molecule has 2 aliphatic rings. The quantitative estimate of drug-likeness (QED) is 0.941. The maximum absolute atomic E-state index is 6.37. The Morgan fingerprint density at radius 1 is 1.05 bits per heavy atom. The standard InChI is InChI=1S/C18H19NO2/c19-15(10-13-9-12-5-1-2-6-14(12)13)18-11-20-16-7-3-4-8-17(16)21-18/h1-8,13,15,18H,9-11,19H2. The average Bonchev–Trinajstić information content (AvgIpc) is 2.52. The van der Waals surface area contributed by atoms with Crippen molar-refractivity contribution in [3.8, 4) is 11.5 Å². The van der Waals surface area contributed by atoms with Crippen molar-refractivity contribution in [2.24, 2.45) is 5.73 Å². The van der Waals surface area contributed by atoms with E-state index in [4.69, 9.17) is 15.2 Å². The fourth-order valence-electron chi connectivity index (χ4n) is 3.30. The van der Waals surface area contributed by atoms with Crippen LogP contribution in [0.4, 0.5) is 0 Å². The Hall–Kier alpha value is -2.00. The molecule has 21 heavy (non-hydrogen) atoms. The van der Waals surface area contributed by atoms with Gasteiger partial charge in [0.2, 0.25) is 0 Å². The zero-order chi connectivity index (χ0) is 14.2. The lowest BCUT2D eigenvalue weighted by Crippen LogP contribution is -2.46. The highest BCUT2D eigenvalue weighted by Gasteiger charge is 2.32. The predicted octanol–water partition coefficient (Wildman–Crippen LogP) is 2.88. The molecule has 0 radical (unpaired) electrons. The molecule has 2 aromatic rings. The Labute approximate surface area is 124 Å². The number of para-hydroxylation sites is 2. The van der Waals surface area contributed by atoms with E-state index < -0.39 is 0 Å². The Morgan fingerprint density at radius 2 is 1.81 bits per heavy atom. The van der Waals surface area contributed by atoms with Crippen LogP contribution in [0.5, 0.6) is 11.5 Å². The molecule has 3 atom stereocenters. The first kappa shape index (κ1) is 12.7. The second kappa shape index (κ2) is 5.08. The average molecular weight is 281 g/mol. The van der Waals surface area contributed by atoms with Gasteiger partial charge in [0.05, 0.1) is 0 Å². The van der Waals surface area contributed by atoms with Gasteiger partial charge >= 0.3 is 0 Å². The Kier molecular flexibility index (Phi) is 3.08. The van der Waals surface area contributed by atoms with E-state index in [0.717, 1.165) is 24.3 Å². The molecule has 0 amide bonds. The van der Waals surface area contributed by atoms with E-state index in [1.54, 1.807) is 0 Å². The molecule has 0 bridgehead atoms. The molecule has 2 N–H and O–H groups in total. The largest absolute Gasteiger partial charge is 0.486 e. The predicted molar refractivity (Wildman–Crippen MR) is 81.8 cm³/mol. The molecule has 0 fully saturated rings. The van der Waals surface area contributed by atoms with Crippen molar-refractivity contribution in [2.45, 2.75) is 30.9 Å². The molecule has 108 valence electrons. The van der Waals surface area contributed by atoms with Crippen LogP contribution < -0.4 is 15.2 Å². The number of benzene rings is 2. The first-order chi connectivity index (χ1) is 10.3. The van der Waals surface area contributed by atoms with Crippen LogP contribution in [0.3, 0.4) is 0 Å². The van der Waals surface area contributed by atoms with Crippen LogP contribution >= 0.6 is 0 Å². The maximum Gasteiger partial charge on any atom is 0.161 e. The highest BCUT2D eigenvalue weighted by Crippen LogP contribution is 2.39. The number of hydrogen-bond donors (Lipinski definition) is 1. The minimum atomic E-state index is -0.0623. The fourth-order valence-corrected chi connectivity index (χ4v) is 3.30. The molecule has 1 aliphatic carbocycles. The van der Waals surface area contributed by atoms with Gasteiger partial charge in [-0.2, -0.15) is 0 Å². The third kappa shape index (κ3) is 2.28. The SMILES string of the molecule is NC(CC1Cc2ccccc21)C1COc2ccccc2O1. The second-order valence-electron chi connectivity index (χ2n) is 5.91. The Balaban J connectivity index is 1.42. The molecule has 3 nitrogen and oxygen atoms in total. The Morgan fingerprint density at radius 3 is 2.67 bits per heavy atom. The van der Waals surface area contributed by atoms with E-state index >= 15 is 0 Å². The third-order valence-electron chi connectivity index (χ3n) is 4.53. The molecule has 3 heteroatoms. The van der Waals surface area contributed by atoms with Gasteiger partial charge in [-0.1, -0.05) is 36.4 Å². The van der Waals surface area contributed by atoms with E-state index in [-0.39, 0.29) is 12.1 Å². The van der Waals surface area contributed by atoms with Crippen molar-refractivity contribution < 1.29 is 9.47 Å². The minimum Gasteiger partial charge on any atom is -0.486 e. The molecule has 2 aromatic carbocycles. The summed E-state index contributed by atoms with van der Waals surface area (Å²) in [5, 5.41) is 0. The molecule has 0 aromatic heterocycles. The molecule has 4 rings (SSSR count). The summed E-state index contributed by atoms with van der Waals surface area (Å²) in [6.45, 7) is 0.534. The molecule has 1 aliphatic heterocycles. The van der Waals surface area contributed by atoms with Crippen molar-refractivity contribution in [2.75, 3.05) is 6.61 Å². The smallest absolute Gasteiger partial charge is 0.161 e. The molecule has 3 unspecified atom stereocenters. The molecule has 1 heterocycles. The van der Waals surface area contributed by atoms with Gasteiger partial charge in [0.25, 0.3) is 0 Å². The highest BCUT2D eigenvalue weighted by molar-refractivity contribution is 5.41. The van der Waals surface area contributed by atoms with E-state index in [2.05, 4.69) is 24.3 Å². The summed E-state index contributed by atoms with van der Waals surface area (Å²) in [5.74, 6) is 2.19. The van der Waals surface area contributed by atoms with Gasteiger partial charge < -0.3 is 15.2 Å². The molecule has 0 spiro atoms. The lowest BCUT2D eigenvalue weighted by atomic mass is 9.74. The summed E-state index contributed by atoms with van der Waals surface area (Å²) in [4.78, 5) is 0. The summed E-state index contributed by atoms with van der Waals surface area (Å²) in [7, 11) is 0. The number of fused-ring (bicyclic) bond motifs is 2. The van der Waals surface area contributed by atoms with Gasteiger partial charge in [-0.05, 0) is 42.0 Å². The normalized spacial score (nSPS) is 23.9. The Bertz CT molecular complexity index is 655. The van der Waals surface area contributed by atoms with Crippen LogP contribution in [0, 0.1) is 0 Å². The topological polar surface area (TPSA) is 44.5 Å². The van der Waals surface area contributed by atoms with Crippen LogP contribution in [-0.4, -0.2) is 18.8 Å². The first-order valence-corrected chi connectivity index (χ1v) is 7.53. The molecular weight excluding hydrogens is 262 g/mol. The zero-order valence-electron chi connectivity index (χ0n) is 11.9. The fraction of sp³-hybridized carbons (Fsp3) is 0.333. The van der Waals surface area contributed by atoms with Crippen molar-refractivity contribution in [3.63, 3.8) is 0 Å². The third-order valence-corrected chi connectivity index (χ3v) is 4.53. The van der Waals surface area contributed by atoms with Crippen LogP contribution in [0.15, 0.2) is 48.5 Å². The molecule has 0 saturated carbocycles. The van der Waals surface area contributed by atoms with E-state index in [0.29, 0.717) is 12.5 Å².